The molecule has 0 unspecified atom stereocenters. The van der Waals surface area contributed by atoms with Gasteiger partial charge >= 0.3 is 24.8 Å². The number of fused-ring (bicyclic) bond motifs is 3. The Kier molecular flexibility index (Phi) is 8.75. The molecule has 2 heterocycles. The Labute approximate surface area is 179 Å². The zero-order chi connectivity index (χ0) is 19.2. The van der Waals surface area contributed by atoms with Crippen molar-refractivity contribution in [3.05, 3.63) is 35.3 Å². The molecule has 148 valence electrons. The van der Waals surface area contributed by atoms with E-state index in [-0.39, 0.29) is 18.9 Å². The Balaban J connectivity index is 0.00000280. The quantitative estimate of drug-likeness (QED) is 0.491. The number of carbonyl (C=O) groups is 1. The van der Waals surface area contributed by atoms with E-state index in [0.29, 0.717) is 18.7 Å². The van der Waals surface area contributed by atoms with Crippen molar-refractivity contribution in [2.24, 2.45) is 5.92 Å². The van der Waals surface area contributed by atoms with Gasteiger partial charge in [-0.15, -0.1) is 0 Å². The molecule has 3 rings (SSSR count). The number of carboxylic acids is 1. The summed E-state index contributed by atoms with van der Waals surface area (Å²) in [4.78, 5) is 16.0. The van der Waals surface area contributed by atoms with E-state index in [1.807, 2.05) is 12.3 Å². The summed E-state index contributed by atoms with van der Waals surface area (Å²) in [7, 11) is 0. The fourth-order valence-electron chi connectivity index (χ4n) is 3.87. The van der Waals surface area contributed by atoms with Crippen LogP contribution < -0.4 is 5.32 Å². The van der Waals surface area contributed by atoms with Gasteiger partial charge in [0.1, 0.15) is 5.69 Å². The molecule has 1 aliphatic carbocycles. The number of pyridine rings is 1. The molecule has 0 fully saturated rings. The van der Waals surface area contributed by atoms with Gasteiger partial charge in [0.05, 0.1) is 5.69 Å². The average Bonchev–Trinajstić information content (AvgIpc) is 3.06. The SMILES string of the molecule is CCC(CC)CNCCCCn1nc2c(c1C(=O)O)CCc1cnccc1-2.[LiH]. The van der Waals surface area contributed by atoms with Crippen molar-refractivity contribution < 1.29 is 9.90 Å². The van der Waals surface area contributed by atoms with Crippen molar-refractivity contribution in [2.75, 3.05) is 13.1 Å². The standard InChI is InChI=1S/C21H30N4O2.Li.H/c1-3-15(4-2)13-22-10-5-6-12-25-20(21(26)27)18-8-7-16-14-23-11-9-17(16)19(18)24-25;;/h9,11,14-15,22H,3-8,10,12-13H2,1-2H3,(H,26,27);;. The molecule has 0 saturated heterocycles. The van der Waals surface area contributed by atoms with Crippen molar-refractivity contribution >= 4 is 24.8 Å². The van der Waals surface area contributed by atoms with E-state index in [9.17, 15) is 9.90 Å². The van der Waals surface area contributed by atoms with E-state index < -0.39 is 5.97 Å². The van der Waals surface area contributed by atoms with Crippen LogP contribution in [0, 0.1) is 5.92 Å². The van der Waals surface area contributed by atoms with Crippen molar-refractivity contribution in [3.63, 3.8) is 0 Å². The van der Waals surface area contributed by atoms with Crippen molar-refractivity contribution in [1.29, 1.82) is 0 Å². The van der Waals surface area contributed by atoms with Gasteiger partial charge in [-0.25, -0.2) is 4.79 Å². The third-order valence-corrected chi connectivity index (χ3v) is 5.62. The number of nitrogens with zero attached hydrogens (tertiary/aromatic N) is 3. The number of rotatable bonds is 10. The molecule has 2 aromatic heterocycles. The van der Waals surface area contributed by atoms with Gasteiger partial charge in [0.2, 0.25) is 0 Å². The Morgan fingerprint density at radius 1 is 1.29 bits per heavy atom. The van der Waals surface area contributed by atoms with Gasteiger partial charge in [-0.05, 0) is 56.3 Å². The molecule has 1 aliphatic rings. The molecule has 0 spiro atoms. The van der Waals surface area contributed by atoms with Crippen LogP contribution in [0.2, 0.25) is 0 Å². The Morgan fingerprint density at radius 3 is 2.79 bits per heavy atom. The number of unbranched alkanes of at least 4 members (excludes halogenated alkanes) is 1. The van der Waals surface area contributed by atoms with Crippen LogP contribution in [0.3, 0.4) is 0 Å². The first-order chi connectivity index (χ1) is 13.2. The molecule has 0 bridgehead atoms. The first kappa shape index (κ1) is 22.7. The topological polar surface area (TPSA) is 80.0 Å². The van der Waals surface area contributed by atoms with Crippen LogP contribution in [0.15, 0.2) is 18.5 Å². The molecule has 0 atom stereocenters. The van der Waals surface area contributed by atoms with Gasteiger partial charge in [-0.3, -0.25) is 9.67 Å². The van der Waals surface area contributed by atoms with Crippen molar-refractivity contribution in [3.8, 4) is 11.3 Å². The van der Waals surface area contributed by atoms with Crippen LogP contribution in [-0.4, -0.2) is 57.8 Å². The normalized spacial score (nSPS) is 12.4. The van der Waals surface area contributed by atoms with Crippen LogP contribution in [-0.2, 0) is 19.4 Å². The molecule has 0 amide bonds. The molecule has 0 radical (unpaired) electrons. The fourth-order valence-corrected chi connectivity index (χ4v) is 3.87. The summed E-state index contributed by atoms with van der Waals surface area (Å²) in [5.74, 6) is -0.135. The van der Waals surface area contributed by atoms with Crippen LogP contribution in [0.4, 0.5) is 0 Å². The summed E-state index contributed by atoms with van der Waals surface area (Å²) in [6.45, 7) is 7.14. The third kappa shape index (κ3) is 5.05. The maximum absolute atomic E-state index is 11.9. The van der Waals surface area contributed by atoms with Crippen LogP contribution in [0.1, 0.15) is 61.1 Å². The summed E-state index contributed by atoms with van der Waals surface area (Å²) in [6.07, 6.45) is 9.50. The van der Waals surface area contributed by atoms with Crippen molar-refractivity contribution in [1.82, 2.24) is 20.1 Å². The van der Waals surface area contributed by atoms with Crippen LogP contribution in [0.5, 0.6) is 0 Å². The van der Waals surface area contributed by atoms with Gasteiger partial charge in [0.15, 0.2) is 0 Å². The maximum atomic E-state index is 11.9. The molecule has 2 N–H and O–H groups in total. The number of aromatic nitrogens is 3. The number of aromatic carboxylic acids is 1. The molecule has 0 aliphatic heterocycles. The van der Waals surface area contributed by atoms with E-state index in [4.69, 9.17) is 0 Å². The van der Waals surface area contributed by atoms with Gasteiger partial charge in [0, 0.05) is 30.1 Å². The van der Waals surface area contributed by atoms with E-state index in [0.717, 1.165) is 60.7 Å². The molecular weight excluding hydrogens is 347 g/mol. The first-order valence-electron chi connectivity index (χ1n) is 10.1. The van der Waals surface area contributed by atoms with Crippen LogP contribution in [0.25, 0.3) is 11.3 Å². The third-order valence-electron chi connectivity index (χ3n) is 5.62. The summed E-state index contributed by atoms with van der Waals surface area (Å²) >= 11 is 0. The molecule has 28 heavy (non-hydrogen) atoms. The number of carboxylic acid groups (broad SMARTS) is 1. The molecule has 0 aromatic carbocycles. The van der Waals surface area contributed by atoms with Gasteiger partial charge in [-0.2, -0.15) is 5.10 Å². The predicted octanol–water partition coefficient (Wildman–Crippen LogP) is 2.90. The predicted molar refractivity (Wildman–Crippen MR) is 113 cm³/mol. The van der Waals surface area contributed by atoms with E-state index in [2.05, 4.69) is 29.2 Å². The second-order valence-electron chi connectivity index (χ2n) is 7.33. The van der Waals surface area contributed by atoms with E-state index in [1.54, 1.807) is 10.9 Å². The van der Waals surface area contributed by atoms with Crippen molar-refractivity contribution in [2.45, 2.75) is 58.9 Å². The Hall–Kier alpha value is -1.61. The van der Waals surface area contributed by atoms with Crippen LogP contribution >= 0.6 is 0 Å². The monoisotopic (exact) mass is 378 g/mol. The average molecular weight is 378 g/mol. The number of nitrogens with one attached hydrogen (secondary N) is 1. The summed E-state index contributed by atoms with van der Waals surface area (Å²) in [6, 6.07) is 1.94. The second kappa shape index (κ2) is 10.8. The molecule has 2 aromatic rings. The van der Waals surface area contributed by atoms with Gasteiger partial charge in [0.25, 0.3) is 0 Å². The number of aryl methyl sites for hydroxylation is 2. The molecule has 6 nitrogen and oxygen atoms in total. The van der Waals surface area contributed by atoms with Gasteiger partial charge in [-0.1, -0.05) is 26.7 Å². The van der Waals surface area contributed by atoms with Gasteiger partial charge < -0.3 is 10.4 Å². The summed E-state index contributed by atoms with van der Waals surface area (Å²) in [5.41, 5.74) is 4.23. The summed E-state index contributed by atoms with van der Waals surface area (Å²) in [5, 5.41) is 17.9. The molecule has 0 saturated carbocycles. The molecular formula is C21H31LiN4O2. The van der Waals surface area contributed by atoms with E-state index >= 15 is 0 Å². The molecule has 7 heteroatoms. The zero-order valence-electron chi connectivity index (χ0n) is 16.4. The minimum absolute atomic E-state index is 0. The Bertz CT molecular complexity index is 787. The number of hydrogen-bond donors (Lipinski definition) is 2. The minimum atomic E-state index is -0.881. The summed E-state index contributed by atoms with van der Waals surface area (Å²) < 4.78 is 1.70. The van der Waals surface area contributed by atoms with E-state index in [1.165, 1.54) is 12.8 Å². The number of hydrogen-bond acceptors (Lipinski definition) is 4. The first-order valence-corrected chi connectivity index (χ1v) is 10.1. The Morgan fingerprint density at radius 2 is 2.07 bits per heavy atom. The zero-order valence-corrected chi connectivity index (χ0v) is 16.4. The fraction of sp³-hybridized carbons (Fsp3) is 0.571. The second-order valence-corrected chi connectivity index (χ2v) is 7.33.